The lowest BCUT2D eigenvalue weighted by Gasteiger charge is -2.07. The molecule has 0 radical (unpaired) electrons. The Morgan fingerprint density at radius 3 is 2.44 bits per heavy atom. The third-order valence-electron chi connectivity index (χ3n) is 2.08. The Morgan fingerprint density at radius 1 is 1.00 bits per heavy atom. The first-order valence-corrected chi connectivity index (χ1v) is 5.52. The van der Waals surface area contributed by atoms with E-state index in [-0.39, 0.29) is 15.8 Å². The Bertz CT molecular complexity index is 543. The number of nitrogens with zero attached hydrogens (tertiary/aromatic N) is 1. The van der Waals surface area contributed by atoms with E-state index < -0.39 is 0 Å². The van der Waals surface area contributed by atoms with Crippen molar-refractivity contribution in [1.82, 2.24) is 4.98 Å². The van der Waals surface area contributed by atoms with Crippen molar-refractivity contribution >= 4 is 34.8 Å². The summed E-state index contributed by atoms with van der Waals surface area (Å²) in [4.78, 5) is 4.04. The van der Waals surface area contributed by atoms with E-state index in [1.165, 1.54) is 6.07 Å². The number of benzene rings is 1. The summed E-state index contributed by atoms with van der Waals surface area (Å²) in [5.74, 6) is 0.0442. The molecule has 2 nitrogen and oxygen atoms in total. The van der Waals surface area contributed by atoms with Crippen LogP contribution in [0.15, 0.2) is 30.5 Å². The summed E-state index contributed by atoms with van der Waals surface area (Å²) in [6, 6.07) is 6.43. The van der Waals surface area contributed by atoms with Gasteiger partial charge in [0.2, 0.25) is 0 Å². The van der Waals surface area contributed by atoms with Gasteiger partial charge in [0.05, 0.1) is 15.1 Å². The average Bonchev–Trinajstić information content (AvgIpc) is 2.28. The summed E-state index contributed by atoms with van der Waals surface area (Å²) in [5.41, 5.74) is 0.931. The molecule has 2 rings (SSSR count). The lowest BCUT2D eigenvalue weighted by Crippen LogP contribution is -1.86. The Balaban J connectivity index is 2.66. The minimum atomic E-state index is 0.0442. The number of rotatable bonds is 1. The second kappa shape index (κ2) is 4.50. The summed E-state index contributed by atoms with van der Waals surface area (Å²) in [6.07, 6.45) is 1.56. The molecule has 5 heteroatoms. The molecule has 1 aromatic carbocycles. The molecule has 0 aliphatic rings. The molecule has 16 heavy (non-hydrogen) atoms. The van der Waals surface area contributed by atoms with Crippen molar-refractivity contribution in [3.8, 4) is 17.0 Å². The largest absolute Gasteiger partial charge is 0.506 e. The normalized spacial score (nSPS) is 10.4. The second-order valence-electron chi connectivity index (χ2n) is 3.09. The molecule has 0 saturated heterocycles. The SMILES string of the molecule is Oc1cccnc1-c1ccc(Cl)c(Cl)c1Cl. The van der Waals surface area contributed by atoms with Gasteiger partial charge in [-0.3, -0.25) is 4.98 Å². The van der Waals surface area contributed by atoms with Gasteiger partial charge in [-0.15, -0.1) is 0 Å². The van der Waals surface area contributed by atoms with E-state index in [2.05, 4.69) is 4.98 Å². The van der Waals surface area contributed by atoms with Crippen LogP contribution in [0.1, 0.15) is 0 Å². The topological polar surface area (TPSA) is 33.1 Å². The Morgan fingerprint density at radius 2 is 1.75 bits per heavy atom. The molecular weight excluding hydrogens is 268 g/mol. The lowest BCUT2D eigenvalue weighted by atomic mass is 10.1. The summed E-state index contributed by atoms with van der Waals surface area (Å²) in [7, 11) is 0. The van der Waals surface area contributed by atoms with Crippen LogP contribution in [0.5, 0.6) is 5.75 Å². The highest BCUT2D eigenvalue weighted by Gasteiger charge is 2.13. The van der Waals surface area contributed by atoms with E-state index in [9.17, 15) is 5.11 Å². The number of pyridine rings is 1. The minimum absolute atomic E-state index is 0.0442. The predicted octanol–water partition coefficient (Wildman–Crippen LogP) is 4.41. The standard InChI is InChI=1S/C11H6Cl3NO/c12-7-4-3-6(9(13)10(7)14)11-8(16)2-1-5-15-11/h1-5,16H. The molecule has 82 valence electrons. The van der Waals surface area contributed by atoms with Gasteiger partial charge in [0.25, 0.3) is 0 Å². The van der Waals surface area contributed by atoms with Crippen LogP contribution in [0.3, 0.4) is 0 Å². The fourth-order valence-corrected chi connectivity index (χ4v) is 1.94. The lowest BCUT2D eigenvalue weighted by molar-refractivity contribution is 0.475. The van der Waals surface area contributed by atoms with Crippen LogP contribution in [0.4, 0.5) is 0 Å². The van der Waals surface area contributed by atoms with Crippen LogP contribution in [-0.2, 0) is 0 Å². The maximum atomic E-state index is 9.65. The number of halogens is 3. The third kappa shape index (κ3) is 1.96. The third-order valence-corrected chi connectivity index (χ3v) is 3.37. The molecule has 0 amide bonds. The Hall–Kier alpha value is -0.960. The summed E-state index contributed by atoms with van der Waals surface area (Å²) in [6.45, 7) is 0. The number of aromatic nitrogens is 1. The zero-order valence-electron chi connectivity index (χ0n) is 7.92. The van der Waals surface area contributed by atoms with Crippen LogP contribution in [0, 0.1) is 0 Å². The van der Waals surface area contributed by atoms with Crippen LogP contribution in [-0.4, -0.2) is 10.1 Å². The molecule has 0 atom stereocenters. The predicted molar refractivity (Wildman–Crippen MR) is 66.4 cm³/mol. The average molecular weight is 275 g/mol. The highest BCUT2D eigenvalue weighted by molar-refractivity contribution is 6.49. The van der Waals surface area contributed by atoms with Crippen molar-refractivity contribution < 1.29 is 5.11 Å². The second-order valence-corrected chi connectivity index (χ2v) is 4.26. The first kappa shape index (κ1) is 11.5. The van der Waals surface area contributed by atoms with Crippen LogP contribution in [0.2, 0.25) is 15.1 Å². The monoisotopic (exact) mass is 273 g/mol. The Kier molecular flexibility index (Phi) is 3.24. The molecule has 0 saturated carbocycles. The molecule has 0 fully saturated rings. The molecule has 1 aromatic heterocycles. The number of hydrogen-bond acceptors (Lipinski definition) is 2. The van der Waals surface area contributed by atoms with Crippen molar-refractivity contribution in [1.29, 1.82) is 0 Å². The van der Waals surface area contributed by atoms with Gasteiger partial charge in [0, 0.05) is 11.8 Å². The number of hydrogen-bond donors (Lipinski definition) is 1. The maximum absolute atomic E-state index is 9.65. The molecular formula is C11H6Cl3NO. The van der Waals surface area contributed by atoms with Gasteiger partial charge >= 0.3 is 0 Å². The van der Waals surface area contributed by atoms with Crippen molar-refractivity contribution in [2.75, 3.05) is 0 Å². The van der Waals surface area contributed by atoms with Crippen molar-refractivity contribution in [3.05, 3.63) is 45.5 Å². The van der Waals surface area contributed by atoms with Crippen LogP contribution >= 0.6 is 34.8 Å². The molecule has 0 unspecified atom stereocenters. The highest BCUT2D eigenvalue weighted by atomic mass is 35.5. The van der Waals surface area contributed by atoms with Crippen molar-refractivity contribution in [2.24, 2.45) is 0 Å². The fourth-order valence-electron chi connectivity index (χ4n) is 1.31. The quantitative estimate of drug-likeness (QED) is 0.781. The van der Waals surface area contributed by atoms with Crippen molar-refractivity contribution in [3.63, 3.8) is 0 Å². The first-order valence-electron chi connectivity index (χ1n) is 4.39. The molecule has 0 aliphatic heterocycles. The number of aromatic hydroxyl groups is 1. The van der Waals surface area contributed by atoms with Gasteiger partial charge in [-0.05, 0) is 24.3 Å². The smallest absolute Gasteiger partial charge is 0.141 e. The van der Waals surface area contributed by atoms with Gasteiger partial charge in [-0.25, -0.2) is 0 Å². The maximum Gasteiger partial charge on any atom is 0.141 e. The molecule has 0 bridgehead atoms. The fraction of sp³-hybridized carbons (Fsp3) is 0. The van der Waals surface area contributed by atoms with E-state index in [0.29, 0.717) is 16.3 Å². The zero-order valence-corrected chi connectivity index (χ0v) is 10.2. The van der Waals surface area contributed by atoms with E-state index >= 15 is 0 Å². The molecule has 1 heterocycles. The molecule has 1 N–H and O–H groups in total. The van der Waals surface area contributed by atoms with Gasteiger partial charge in [0.15, 0.2) is 0 Å². The van der Waals surface area contributed by atoms with Crippen LogP contribution < -0.4 is 0 Å². The minimum Gasteiger partial charge on any atom is -0.506 e. The van der Waals surface area contributed by atoms with E-state index in [1.807, 2.05) is 0 Å². The van der Waals surface area contributed by atoms with E-state index in [1.54, 1.807) is 24.4 Å². The van der Waals surface area contributed by atoms with Gasteiger partial charge in [-0.2, -0.15) is 0 Å². The van der Waals surface area contributed by atoms with Crippen LogP contribution in [0.25, 0.3) is 11.3 Å². The zero-order chi connectivity index (χ0) is 11.7. The summed E-state index contributed by atoms with van der Waals surface area (Å²) < 4.78 is 0. The van der Waals surface area contributed by atoms with Crippen molar-refractivity contribution in [2.45, 2.75) is 0 Å². The van der Waals surface area contributed by atoms with Gasteiger partial charge in [-0.1, -0.05) is 34.8 Å². The van der Waals surface area contributed by atoms with E-state index in [0.717, 1.165) is 0 Å². The Labute approximate surface area is 107 Å². The first-order chi connectivity index (χ1) is 7.61. The summed E-state index contributed by atoms with van der Waals surface area (Å²) in [5, 5.41) is 10.6. The van der Waals surface area contributed by atoms with Gasteiger partial charge < -0.3 is 5.11 Å². The molecule has 0 spiro atoms. The van der Waals surface area contributed by atoms with Gasteiger partial charge in [0.1, 0.15) is 11.4 Å². The highest BCUT2D eigenvalue weighted by Crippen LogP contribution is 2.39. The summed E-state index contributed by atoms with van der Waals surface area (Å²) >= 11 is 17.8. The molecule has 0 aliphatic carbocycles. The molecule has 2 aromatic rings. The van der Waals surface area contributed by atoms with E-state index in [4.69, 9.17) is 34.8 Å².